The molecule has 5 heteroatoms. The standard InChI is InChI=1S/C28H38O5/c1-2-3-4-5-6-13-18-31-27-19-25(29)28(32-21-24-16-11-8-12-17-24)26(33-27)22-30-20-23-14-9-7-10-15-23/h7-12,14-17,26-28H,2-6,13,18-22H2,1H3/t26-,27+,28+/m1/s1. The van der Waals surface area contributed by atoms with Gasteiger partial charge < -0.3 is 18.9 Å². The summed E-state index contributed by atoms with van der Waals surface area (Å²) < 4.78 is 24.0. The fourth-order valence-corrected chi connectivity index (χ4v) is 3.95. The van der Waals surface area contributed by atoms with Gasteiger partial charge in [0, 0.05) is 6.61 Å². The summed E-state index contributed by atoms with van der Waals surface area (Å²) in [7, 11) is 0. The van der Waals surface area contributed by atoms with Gasteiger partial charge in [0.2, 0.25) is 0 Å². The second-order valence-corrected chi connectivity index (χ2v) is 8.63. The number of carbonyl (C=O) groups excluding carboxylic acids is 1. The minimum absolute atomic E-state index is 0.0124. The molecule has 2 aromatic rings. The highest BCUT2D eigenvalue weighted by atomic mass is 16.7. The number of Topliss-reactive ketones (excluding diaryl/α,β-unsaturated/α-hetero) is 1. The van der Waals surface area contributed by atoms with Crippen molar-refractivity contribution >= 4 is 5.78 Å². The largest absolute Gasteiger partial charge is 0.374 e. The Kier molecular flexibility index (Phi) is 11.6. The van der Waals surface area contributed by atoms with E-state index in [1.165, 1.54) is 25.7 Å². The fraction of sp³-hybridized carbons (Fsp3) is 0.536. The van der Waals surface area contributed by atoms with Gasteiger partial charge in [-0.15, -0.1) is 0 Å². The van der Waals surface area contributed by atoms with Crippen LogP contribution in [0, 0.1) is 0 Å². The van der Waals surface area contributed by atoms with Crippen LogP contribution in [0.1, 0.15) is 63.0 Å². The second-order valence-electron chi connectivity index (χ2n) is 8.63. The molecular formula is C28H38O5. The minimum atomic E-state index is -0.658. The summed E-state index contributed by atoms with van der Waals surface area (Å²) in [5.41, 5.74) is 2.10. The number of hydrogen-bond acceptors (Lipinski definition) is 5. The van der Waals surface area contributed by atoms with Gasteiger partial charge in [-0.3, -0.25) is 4.79 Å². The van der Waals surface area contributed by atoms with Gasteiger partial charge in [-0.1, -0.05) is 99.7 Å². The normalized spacial score (nSPS) is 20.8. The lowest BCUT2D eigenvalue weighted by Gasteiger charge is -2.35. The topological polar surface area (TPSA) is 54.0 Å². The van der Waals surface area contributed by atoms with E-state index in [0.29, 0.717) is 19.8 Å². The van der Waals surface area contributed by atoms with Crippen molar-refractivity contribution in [2.75, 3.05) is 13.2 Å². The predicted octanol–water partition coefficient (Wildman–Crippen LogP) is 5.85. The molecule has 3 atom stereocenters. The Morgan fingerprint density at radius 1 is 0.818 bits per heavy atom. The number of unbranched alkanes of at least 4 members (excludes halogenated alkanes) is 5. The minimum Gasteiger partial charge on any atom is -0.374 e. The molecule has 0 amide bonds. The lowest BCUT2D eigenvalue weighted by molar-refractivity contribution is -0.234. The number of carbonyl (C=O) groups is 1. The van der Waals surface area contributed by atoms with Crippen molar-refractivity contribution in [2.24, 2.45) is 0 Å². The molecule has 3 rings (SSSR count). The quantitative estimate of drug-likeness (QED) is 0.316. The first kappa shape index (κ1) is 25.6. The van der Waals surface area contributed by atoms with Crippen LogP contribution in [0.5, 0.6) is 0 Å². The molecule has 1 heterocycles. The molecular weight excluding hydrogens is 416 g/mol. The van der Waals surface area contributed by atoms with Crippen LogP contribution in [-0.4, -0.2) is 37.5 Å². The van der Waals surface area contributed by atoms with Gasteiger partial charge in [-0.25, -0.2) is 0 Å². The number of ketones is 1. The average Bonchev–Trinajstić information content (AvgIpc) is 2.84. The molecule has 5 nitrogen and oxygen atoms in total. The second kappa shape index (κ2) is 15.0. The lowest BCUT2D eigenvalue weighted by Crippen LogP contribution is -2.50. The summed E-state index contributed by atoms with van der Waals surface area (Å²) in [6.45, 7) is 3.92. The van der Waals surface area contributed by atoms with E-state index in [4.69, 9.17) is 18.9 Å². The van der Waals surface area contributed by atoms with Crippen molar-refractivity contribution in [1.29, 1.82) is 0 Å². The lowest BCUT2D eigenvalue weighted by atomic mass is 10.0. The van der Waals surface area contributed by atoms with Gasteiger partial charge in [-0.2, -0.15) is 0 Å². The zero-order chi connectivity index (χ0) is 23.1. The number of rotatable bonds is 15. The van der Waals surface area contributed by atoms with Gasteiger partial charge in [0.25, 0.3) is 0 Å². The third-order valence-corrected chi connectivity index (χ3v) is 5.82. The van der Waals surface area contributed by atoms with Crippen LogP contribution in [0.2, 0.25) is 0 Å². The Morgan fingerprint density at radius 2 is 1.45 bits per heavy atom. The highest BCUT2D eigenvalue weighted by molar-refractivity contribution is 5.84. The van der Waals surface area contributed by atoms with Gasteiger partial charge >= 0.3 is 0 Å². The Bertz CT molecular complexity index is 779. The van der Waals surface area contributed by atoms with Crippen molar-refractivity contribution in [3.8, 4) is 0 Å². The molecule has 180 valence electrons. The zero-order valence-corrected chi connectivity index (χ0v) is 19.8. The van der Waals surface area contributed by atoms with Crippen molar-refractivity contribution in [3.05, 3.63) is 71.8 Å². The van der Waals surface area contributed by atoms with Crippen molar-refractivity contribution in [3.63, 3.8) is 0 Å². The molecule has 0 aromatic heterocycles. The van der Waals surface area contributed by atoms with Gasteiger partial charge in [0.15, 0.2) is 12.1 Å². The smallest absolute Gasteiger partial charge is 0.169 e. The van der Waals surface area contributed by atoms with E-state index >= 15 is 0 Å². The number of benzene rings is 2. The van der Waals surface area contributed by atoms with Crippen LogP contribution in [0.25, 0.3) is 0 Å². The summed E-state index contributed by atoms with van der Waals surface area (Å²) in [5.74, 6) is 0.0124. The maximum Gasteiger partial charge on any atom is 0.169 e. The zero-order valence-electron chi connectivity index (χ0n) is 19.8. The van der Waals surface area contributed by atoms with E-state index in [2.05, 4.69) is 6.92 Å². The first-order valence-corrected chi connectivity index (χ1v) is 12.3. The molecule has 1 saturated heterocycles. The Morgan fingerprint density at radius 3 is 2.15 bits per heavy atom. The van der Waals surface area contributed by atoms with E-state index in [1.807, 2.05) is 60.7 Å². The number of hydrogen-bond donors (Lipinski definition) is 0. The van der Waals surface area contributed by atoms with Gasteiger partial charge in [0.05, 0.1) is 26.2 Å². The maximum atomic E-state index is 12.9. The van der Waals surface area contributed by atoms with Crippen LogP contribution in [0.15, 0.2) is 60.7 Å². The third kappa shape index (κ3) is 9.38. The van der Waals surface area contributed by atoms with Crippen molar-refractivity contribution in [2.45, 2.75) is 83.6 Å². The molecule has 1 aliphatic rings. The Balaban J connectivity index is 1.50. The highest BCUT2D eigenvalue weighted by Crippen LogP contribution is 2.23. The monoisotopic (exact) mass is 454 g/mol. The molecule has 1 fully saturated rings. The van der Waals surface area contributed by atoms with Gasteiger partial charge in [0.1, 0.15) is 12.2 Å². The molecule has 0 spiro atoms. The first-order chi connectivity index (χ1) is 16.3. The van der Waals surface area contributed by atoms with Crippen LogP contribution in [0.3, 0.4) is 0 Å². The summed E-state index contributed by atoms with van der Waals surface area (Å²) in [4.78, 5) is 12.9. The molecule has 0 saturated carbocycles. The SMILES string of the molecule is CCCCCCCCO[C@@H]1CC(=O)[C@H](OCc2ccccc2)[C@@H](COCc2ccccc2)O1. The van der Waals surface area contributed by atoms with Crippen molar-refractivity contribution < 1.29 is 23.7 Å². The van der Waals surface area contributed by atoms with Crippen LogP contribution < -0.4 is 0 Å². The summed E-state index contributed by atoms with van der Waals surface area (Å²) >= 11 is 0. The highest BCUT2D eigenvalue weighted by Gasteiger charge is 2.39. The molecule has 2 aromatic carbocycles. The predicted molar refractivity (Wildman–Crippen MR) is 129 cm³/mol. The molecule has 33 heavy (non-hydrogen) atoms. The summed E-state index contributed by atoms with van der Waals surface area (Å²) in [5, 5.41) is 0. The van der Waals surface area contributed by atoms with Crippen LogP contribution in [-0.2, 0) is 37.0 Å². The average molecular weight is 455 g/mol. The van der Waals surface area contributed by atoms with E-state index in [-0.39, 0.29) is 18.8 Å². The molecule has 1 aliphatic heterocycles. The molecule has 0 bridgehead atoms. The molecule has 0 N–H and O–H groups in total. The summed E-state index contributed by atoms with van der Waals surface area (Å²) in [6, 6.07) is 19.8. The van der Waals surface area contributed by atoms with Gasteiger partial charge in [-0.05, 0) is 17.5 Å². The third-order valence-electron chi connectivity index (χ3n) is 5.82. The Hall–Kier alpha value is -2.05. The van der Waals surface area contributed by atoms with E-state index in [1.54, 1.807) is 0 Å². The van der Waals surface area contributed by atoms with E-state index < -0.39 is 18.5 Å². The molecule has 0 unspecified atom stereocenters. The number of ether oxygens (including phenoxy) is 4. The maximum absolute atomic E-state index is 12.9. The van der Waals surface area contributed by atoms with E-state index in [0.717, 1.165) is 24.0 Å². The van der Waals surface area contributed by atoms with Crippen LogP contribution >= 0.6 is 0 Å². The van der Waals surface area contributed by atoms with Crippen LogP contribution in [0.4, 0.5) is 0 Å². The van der Waals surface area contributed by atoms with E-state index in [9.17, 15) is 4.79 Å². The first-order valence-electron chi connectivity index (χ1n) is 12.3. The summed E-state index contributed by atoms with van der Waals surface area (Å²) in [6.07, 6.45) is 5.70. The van der Waals surface area contributed by atoms with Crippen molar-refractivity contribution in [1.82, 2.24) is 0 Å². The Labute approximate surface area is 198 Å². The fourth-order valence-electron chi connectivity index (χ4n) is 3.95. The molecule has 0 radical (unpaired) electrons. The molecule has 0 aliphatic carbocycles.